The second-order valence-electron chi connectivity index (χ2n) is 1.50. The first-order valence-corrected chi connectivity index (χ1v) is 4.64. The molecule has 0 heterocycles. The fraction of sp³-hybridized carbons (Fsp3) is 1.00. The van der Waals surface area contributed by atoms with Crippen molar-refractivity contribution < 1.29 is 60.8 Å². The zero-order valence-electron chi connectivity index (χ0n) is 6.12. The Morgan fingerprint density at radius 3 is 1.89 bits per heavy atom. The maximum absolute atomic E-state index is 10.8. The maximum atomic E-state index is 10.8. The second-order valence-corrected chi connectivity index (χ2v) is 4.98. The molecule has 0 rings (SSSR count). The van der Waals surface area contributed by atoms with Crippen LogP contribution in [0, 0.1) is 0 Å². The Bertz CT molecular complexity index is 120. The van der Waals surface area contributed by atoms with E-state index in [0.29, 0.717) is 0 Å². The minimum Gasteiger partial charge on any atom is -0.789 e. The topological polar surface area (TPSA) is 35.5 Å². The molecular weight excluding hydrogens is 184 g/mol. The number of nitrogens with zero attached hydrogens (tertiary/aromatic N) is 1. The molecule has 0 spiro atoms. The molecule has 9 heavy (non-hydrogen) atoms. The smallest absolute Gasteiger partial charge is 0.789 e. The molecule has 0 amide bonds. The molecule has 0 saturated carbocycles. The van der Waals surface area contributed by atoms with E-state index in [1.165, 1.54) is 11.8 Å². The van der Waals surface area contributed by atoms with Gasteiger partial charge in [-0.05, 0) is 14.1 Å². The van der Waals surface area contributed by atoms with Crippen molar-refractivity contribution in [1.82, 2.24) is 4.67 Å². The molecule has 3 nitrogen and oxygen atoms in total. The van der Waals surface area contributed by atoms with Gasteiger partial charge in [0.1, 0.15) is 0 Å². The minimum absolute atomic E-state index is 0. The summed E-state index contributed by atoms with van der Waals surface area (Å²) in [4.78, 5) is 10.8. The summed E-state index contributed by atoms with van der Waals surface area (Å²) in [5.74, 6) is 0. The molecule has 0 aromatic carbocycles. The summed E-state index contributed by atoms with van der Waals surface area (Å²) >= 11 is 4.53. The zero-order valence-corrected chi connectivity index (χ0v) is 11.0. The predicted octanol–water partition coefficient (Wildman–Crippen LogP) is -3.22. The Labute approximate surface area is 103 Å². The Hall–Kier alpha value is 2.17. The van der Waals surface area contributed by atoms with Crippen LogP contribution in [0.25, 0.3) is 0 Å². The largest absolute Gasteiger partial charge is 1.00 e. The van der Waals surface area contributed by atoms with Crippen molar-refractivity contribution in [2.45, 2.75) is 0 Å². The van der Waals surface area contributed by atoms with Gasteiger partial charge in [-0.15, -0.1) is 0 Å². The summed E-state index contributed by atoms with van der Waals surface area (Å²) in [6.07, 6.45) is 0. The Kier molecular flexibility index (Phi) is 8.81. The molecule has 0 N–H and O–H groups in total. The van der Waals surface area contributed by atoms with Gasteiger partial charge in [0, 0.05) is 7.11 Å². The van der Waals surface area contributed by atoms with Crippen LogP contribution in [-0.4, -0.2) is 25.9 Å². The molecule has 1 atom stereocenters. The predicted molar refractivity (Wildman–Crippen MR) is 35.0 cm³/mol. The first kappa shape index (κ1) is 13.7. The van der Waals surface area contributed by atoms with Crippen molar-refractivity contribution in [3.05, 3.63) is 0 Å². The van der Waals surface area contributed by atoms with E-state index in [4.69, 9.17) is 0 Å². The average molecular weight is 193 g/mol. The minimum atomic E-state index is -2.83. The summed E-state index contributed by atoms with van der Waals surface area (Å²) < 4.78 is 5.89. The normalized spacial score (nSPS) is 16.6. The van der Waals surface area contributed by atoms with Crippen LogP contribution < -0.4 is 56.3 Å². The van der Waals surface area contributed by atoms with Gasteiger partial charge in [0.25, 0.3) is 0 Å². The molecule has 0 aromatic heterocycles. The van der Waals surface area contributed by atoms with E-state index in [1.54, 1.807) is 14.1 Å². The van der Waals surface area contributed by atoms with Crippen molar-refractivity contribution in [2.75, 3.05) is 21.2 Å². The van der Waals surface area contributed by atoms with Gasteiger partial charge in [0.05, 0.1) is 6.64 Å². The zero-order chi connectivity index (χ0) is 6.78. The molecule has 0 saturated heterocycles. The molecule has 0 aliphatic rings. The van der Waals surface area contributed by atoms with E-state index < -0.39 is 6.64 Å². The maximum Gasteiger partial charge on any atom is 1.00 e. The van der Waals surface area contributed by atoms with Crippen LogP contribution in [0.4, 0.5) is 0 Å². The summed E-state index contributed by atoms with van der Waals surface area (Å²) in [5, 5.41) is 0. The molecule has 50 valence electrons. The van der Waals surface area contributed by atoms with E-state index in [9.17, 15) is 4.89 Å². The summed E-state index contributed by atoms with van der Waals surface area (Å²) in [5.41, 5.74) is 0. The van der Waals surface area contributed by atoms with Gasteiger partial charge in [0.15, 0.2) is 0 Å². The van der Waals surface area contributed by atoms with Crippen LogP contribution in [-0.2, 0) is 16.3 Å². The molecule has 6 heteroatoms. The summed E-state index contributed by atoms with van der Waals surface area (Å²) in [7, 11) is 4.59. The molecule has 0 bridgehead atoms. The van der Waals surface area contributed by atoms with E-state index in [1.807, 2.05) is 0 Å². The molecule has 0 aliphatic heterocycles. The Balaban J connectivity index is 0. The number of hydrogen-bond acceptors (Lipinski definition) is 3. The number of hydrogen-bond donors (Lipinski definition) is 0. The van der Waals surface area contributed by atoms with E-state index in [0.717, 1.165) is 0 Å². The standard InChI is InChI=1S/C3H10NO2PS.K/c1-4(2)7(5,8)6-3;/h1-3H3,(H,5,8);/q;+1/p-1. The van der Waals surface area contributed by atoms with Gasteiger partial charge >= 0.3 is 51.4 Å². The van der Waals surface area contributed by atoms with Crippen LogP contribution >= 0.6 is 6.64 Å². The summed E-state index contributed by atoms with van der Waals surface area (Å²) in [6.45, 7) is -2.83. The van der Waals surface area contributed by atoms with Crippen molar-refractivity contribution in [3.8, 4) is 0 Å². The van der Waals surface area contributed by atoms with Crippen LogP contribution in [0.5, 0.6) is 0 Å². The third kappa shape index (κ3) is 5.44. The van der Waals surface area contributed by atoms with E-state index in [-0.39, 0.29) is 51.4 Å². The molecule has 0 aromatic rings. The Morgan fingerprint density at radius 2 is 1.89 bits per heavy atom. The third-order valence-electron chi connectivity index (χ3n) is 0.721. The molecule has 0 aliphatic carbocycles. The van der Waals surface area contributed by atoms with Crippen LogP contribution in [0.3, 0.4) is 0 Å². The van der Waals surface area contributed by atoms with Gasteiger partial charge in [-0.1, -0.05) is 11.8 Å². The third-order valence-corrected chi connectivity index (χ3v) is 3.59. The van der Waals surface area contributed by atoms with Crippen LogP contribution in [0.15, 0.2) is 0 Å². The van der Waals surface area contributed by atoms with Crippen molar-refractivity contribution >= 4 is 18.4 Å². The number of rotatable bonds is 2. The van der Waals surface area contributed by atoms with Gasteiger partial charge in [-0.3, -0.25) is 4.67 Å². The SMILES string of the molecule is COP([O-])(=S)N(C)C.[K+]. The molecular formula is C3H9KNO2PS. The second kappa shape index (κ2) is 5.77. The van der Waals surface area contributed by atoms with Gasteiger partial charge in [0.2, 0.25) is 0 Å². The monoisotopic (exact) mass is 193 g/mol. The van der Waals surface area contributed by atoms with Crippen molar-refractivity contribution in [3.63, 3.8) is 0 Å². The van der Waals surface area contributed by atoms with Gasteiger partial charge in [-0.25, -0.2) is 0 Å². The van der Waals surface area contributed by atoms with Crippen LogP contribution in [0.1, 0.15) is 0 Å². The first-order valence-electron chi connectivity index (χ1n) is 2.05. The average Bonchev–Trinajstić information content (AvgIpc) is 1.67. The van der Waals surface area contributed by atoms with E-state index >= 15 is 0 Å². The van der Waals surface area contributed by atoms with Gasteiger partial charge in [-0.2, -0.15) is 0 Å². The van der Waals surface area contributed by atoms with Crippen molar-refractivity contribution in [1.29, 1.82) is 0 Å². The quantitative estimate of drug-likeness (QED) is 0.341. The van der Waals surface area contributed by atoms with Crippen molar-refractivity contribution in [2.24, 2.45) is 0 Å². The Morgan fingerprint density at radius 1 is 1.56 bits per heavy atom. The molecule has 0 fully saturated rings. The summed E-state index contributed by atoms with van der Waals surface area (Å²) in [6, 6.07) is 0. The van der Waals surface area contributed by atoms with E-state index in [2.05, 4.69) is 16.3 Å². The van der Waals surface area contributed by atoms with Gasteiger partial charge < -0.3 is 9.42 Å². The fourth-order valence-corrected chi connectivity index (χ4v) is 0.490. The fourth-order valence-electron chi connectivity index (χ4n) is 0.163. The van der Waals surface area contributed by atoms with Crippen LogP contribution in [0.2, 0.25) is 0 Å². The molecule has 0 radical (unpaired) electrons. The first-order chi connectivity index (χ1) is 3.50. The molecule has 1 unspecified atom stereocenters.